The minimum atomic E-state index is -0.782. The third-order valence-electron chi connectivity index (χ3n) is 2.06. The quantitative estimate of drug-likeness (QED) is 0.742. The van der Waals surface area contributed by atoms with Crippen LogP contribution in [0.5, 0.6) is 0 Å². The first kappa shape index (κ1) is 10.2. The Morgan fingerprint density at radius 3 is 2.92 bits per heavy atom. The van der Waals surface area contributed by atoms with Crippen LogP contribution in [0.1, 0.15) is 6.42 Å². The number of fused-ring (bicyclic) bond motifs is 1. The maximum Gasteiger partial charge on any atom is 0.351 e. The molecule has 1 fully saturated rings. The van der Waals surface area contributed by atoms with Gasteiger partial charge in [0.25, 0.3) is 0 Å². The molecule has 0 aromatic heterocycles. The standard InChI is InChI=1S/C7H9NO2S.HI/c9-7(10)5-2-4-11-6-1-3-8(5)6;/h2,6H,1,3-4H2,(H,9,10);1H. The smallest absolute Gasteiger partial charge is 0.351 e. The van der Waals surface area contributed by atoms with E-state index < -0.39 is 5.97 Å². The average Bonchev–Trinajstić information content (AvgIpc) is 1.90. The molecule has 0 aromatic carbocycles. The van der Waals surface area contributed by atoms with Crippen molar-refractivity contribution in [2.45, 2.75) is 11.8 Å². The summed E-state index contributed by atoms with van der Waals surface area (Å²) in [4.78, 5) is 12.6. The molecule has 12 heavy (non-hydrogen) atoms. The monoisotopic (exact) mass is 299 g/mol. The van der Waals surface area contributed by atoms with E-state index >= 15 is 0 Å². The zero-order valence-corrected chi connectivity index (χ0v) is 9.54. The number of carbonyl (C=O) groups is 1. The lowest BCUT2D eigenvalue weighted by atomic mass is 10.2. The van der Waals surface area contributed by atoms with E-state index in [9.17, 15) is 4.79 Å². The summed E-state index contributed by atoms with van der Waals surface area (Å²) in [5.74, 6) is 0.0676. The lowest BCUT2D eigenvalue weighted by Gasteiger charge is -2.44. The van der Waals surface area contributed by atoms with Crippen molar-refractivity contribution in [1.29, 1.82) is 0 Å². The normalized spacial score (nSPS) is 26.2. The van der Waals surface area contributed by atoms with Crippen molar-refractivity contribution in [1.82, 2.24) is 4.90 Å². The molecular weight excluding hydrogens is 289 g/mol. The number of aliphatic carboxylic acids is 1. The average molecular weight is 299 g/mol. The molecule has 1 N–H and O–H groups in total. The van der Waals surface area contributed by atoms with Crippen molar-refractivity contribution in [3.05, 3.63) is 11.8 Å². The van der Waals surface area contributed by atoms with Crippen LogP contribution in [-0.4, -0.2) is 33.6 Å². The van der Waals surface area contributed by atoms with Gasteiger partial charge in [0.15, 0.2) is 0 Å². The van der Waals surface area contributed by atoms with Crippen LogP contribution in [0.3, 0.4) is 0 Å². The van der Waals surface area contributed by atoms with E-state index in [-0.39, 0.29) is 24.0 Å². The van der Waals surface area contributed by atoms with E-state index in [4.69, 9.17) is 5.11 Å². The Hall–Kier alpha value is 0.0900. The number of carboxylic acid groups (broad SMARTS) is 1. The van der Waals surface area contributed by atoms with E-state index in [0.717, 1.165) is 18.7 Å². The fraction of sp³-hybridized carbons (Fsp3) is 0.571. The van der Waals surface area contributed by atoms with Gasteiger partial charge >= 0.3 is 5.97 Å². The fourth-order valence-electron chi connectivity index (χ4n) is 1.38. The number of halogens is 1. The molecule has 1 unspecified atom stereocenters. The zero-order valence-electron chi connectivity index (χ0n) is 6.40. The molecule has 2 aliphatic rings. The Bertz CT molecular complexity index is 231. The number of nitrogens with zero attached hydrogens (tertiary/aromatic N) is 1. The molecule has 2 rings (SSSR count). The fourth-order valence-corrected chi connectivity index (χ4v) is 2.53. The first-order valence-corrected chi connectivity index (χ1v) is 4.65. The highest BCUT2D eigenvalue weighted by molar-refractivity contribution is 14.0. The van der Waals surface area contributed by atoms with Crippen LogP contribution in [0, 0.1) is 0 Å². The Balaban J connectivity index is 0.000000720. The first-order valence-electron chi connectivity index (χ1n) is 3.61. The van der Waals surface area contributed by atoms with Crippen LogP contribution in [0.4, 0.5) is 0 Å². The van der Waals surface area contributed by atoms with Crippen LogP contribution < -0.4 is 0 Å². The predicted molar refractivity (Wildman–Crippen MR) is 58.7 cm³/mol. The minimum absolute atomic E-state index is 0. The van der Waals surface area contributed by atoms with Gasteiger partial charge in [0.1, 0.15) is 5.70 Å². The van der Waals surface area contributed by atoms with Gasteiger partial charge in [-0.15, -0.1) is 35.7 Å². The molecule has 0 radical (unpaired) electrons. The van der Waals surface area contributed by atoms with Gasteiger partial charge < -0.3 is 10.0 Å². The molecule has 1 atom stereocenters. The zero-order chi connectivity index (χ0) is 7.84. The van der Waals surface area contributed by atoms with Crippen molar-refractivity contribution in [2.75, 3.05) is 12.3 Å². The van der Waals surface area contributed by atoms with Crippen molar-refractivity contribution < 1.29 is 9.90 Å². The summed E-state index contributed by atoms with van der Waals surface area (Å²) in [5, 5.41) is 9.19. The largest absolute Gasteiger partial charge is 0.477 e. The highest BCUT2D eigenvalue weighted by Gasteiger charge is 2.34. The van der Waals surface area contributed by atoms with Crippen molar-refractivity contribution in [2.24, 2.45) is 0 Å². The van der Waals surface area contributed by atoms with Gasteiger partial charge in [-0.2, -0.15) is 0 Å². The van der Waals surface area contributed by atoms with Gasteiger partial charge in [0, 0.05) is 12.3 Å². The number of rotatable bonds is 1. The number of carboxylic acids is 1. The van der Waals surface area contributed by atoms with E-state index in [1.54, 1.807) is 6.08 Å². The summed E-state index contributed by atoms with van der Waals surface area (Å²) in [6.07, 6.45) is 2.93. The van der Waals surface area contributed by atoms with E-state index in [2.05, 4.69) is 0 Å². The van der Waals surface area contributed by atoms with E-state index in [1.165, 1.54) is 0 Å². The van der Waals surface area contributed by atoms with E-state index in [1.807, 2.05) is 16.7 Å². The number of hydrogen-bond donors (Lipinski definition) is 1. The molecule has 0 spiro atoms. The first-order chi connectivity index (χ1) is 5.29. The second-order valence-electron chi connectivity index (χ2n) is 2.66. The summed E-state index contributed by atoms with van der Waals surface area (Å²) in [7, 11) is 0. The molecule has 0 saturated carbocycles. The lowest BCUT2D eigenvalue weighted by Crippen LogP contribution is -2.48. The minimum Gasteiger partial charge on any atom is -0.477 e. The topological polar surface area (TPSA) is 40.5 Å². The summed E-state index contributed by atoms with van der Waals surface area (Å²) in [6, 6.07) is 0. The Morgan fingerprint density at radius 2 is 2.50 bits per heavy atom. The van der Waals surface area contributed by atoms with Crippen LogP contribution in [0.15, 0.2) is 11.8 Å². The molecule has 2 heterocycles. The summed E-state index contributed by atoms with van der Waals surface area (Å²) in [6.45, 7) is 0.913. The third kappa shape index (κ3) is 1.56. The third-order valence-corrected chi connectivity index (χ3v) is 3.29. The molecule has 3 nitrogen and oxygen atoms in total. The van der Waals surface area contributed by atoms with Crippen molar-refractivity contribution in [3.8, 4) is 0 Å². The molecule has 0 aromatic rings. The molecule has 68 valence electrons. The van der Waals surface area contributed by atoms with Gasteiger partial charge in [-0.05, 0) is 12.5 Å². The maximum absolute atomic E-state index is 10.6. The maximum atomic E-state index is 10.6. The number of hydrogen-bond acceptors (Lipinski definition) is 3. The second-order valence-corrected chi connectivity index (χ2v) is 3.88. The van der Waals surface area contributed by atoms with Gasteiger partial charge in [0.2, 0.25) is 0 Å². The molecule has 1 saturated heterocycles. The highest BCUT2D eigenvalue weighted by Crippen LogP contribution is 2.35. The summed E-state index contributed by atoms with van der Waals surface area (Å²) >= 11 is 1.82. The lowest BCUT2D eigenvalue weighted by molar-refractivity contribution is -0.135. The second kappa shape index (κ2) is 3.87. The summed E-state index contributed by atoms with van der Waals surface area (Å²) < 4.78 is 0. The van der Waals surface area contributed by atoms with Gasteiger partial charge in [0.05, 0.1) is 5.37 Å². The van der Waals surface area contributed by atoms with Gasteiger partial charge in [-0.1, -0.05) is 0 Å². The SMILES string of the molecule is I.O=C(O)C1=CCSC2CCN12. The Morgan fingerprint density at radius 1 is 1.75 bits per heavy atom. The van der Waals surface area contributed by atoms with Crippen LogP contribution in [-0.2, 0) is 4.79 Å². The van der Waals surface area contributed by atoms with E-state index in [0.29, 0.717) is 11.1 Å². The van der Waals surface area contributed by atoms with Crippen molar-refractivity contribution >= 4 is 41.7 Å². The predicted octanol–water partition coefficient (Wildman–Crippen LogP) is 1.35. The molecular formula is C7H10INO2S. The Labute approximate surface area is 92.2 Å². The van der Waals surface area contributed by atoms with Crippen LogP contribution >= 0.6 is 35.7 Å². The summed E-state index contributed by atoms with van der Waals surface area (Å²) in [5.41, 5.74) is 0.500. The molecule has 0 bridgehead atoms. The van der Waals surface area contributed by atoms with Crippen LogP contribution in [0.25, 0.3) is 0 Å². The van der Waals surface area contributed by atoms with Crippen molar-refractivity contribution in [3.63, 3.8) is 0 Å². The number of thioether (sulfide) groups is 1. The Kier molecular flexibility index (Phi) is 3.28. The molecule has 0 amide bonds. The molecule has 0 aliphatic carbocycles. The van der Waals surface area contributed by atoms with Crippen LogP contribution in [0.2, 0.25) is 0 Å². The highest BCUT2D eigenvalue weighted by atomic mass is 127. The van der Waals surface area contributed by atoms with Gasteiger partial charge in [-0.25, -0.2) is 4.79 Å². The van der Waals surface area contributed by atoms with Gasteiger partial charge in [-0.3, -0.25) is 0 Å². The molecule has 5 heteroatoms. The molecule has 2 aliphatic heterocycles.